The van der Waals surface area contributed by atoms with Crippen LogP contribution in [0.1, 0.15) is 17.5 Å². The van der Waals surface area contributed by atoms with Gasteiger partial charge in [-0.25, -0.2) is 0 Å². The van der Waals surface area contributed by atoms with Crippen LogP contribution in [0.15, 0.2) is 24.3 Å². The number of carbonyl (C=O) groups excluding carboxylic acids is 1. The van der Waals surface area contributed by atoms with Gasteiger partial charge in [0.05, 0.1) is 13.2 Å². The molecule has 1 saturated heterocycles. The van der Waals surface area contributed by atoms with Gasteiger partial charge in [0, 0.05) is 32.2 Å². The molecule has 0 saturated carbocycles. The van der Waals surface area contributed by atoms with Crippen LogP contribution in [0.2, 0.25) is 0 Å². The van der Waals surface area contributed by atoms with Crippen LogP contribution in [-0.2, 0) is 22.6 Å². The maximum absolute atomic E-state index is 11.9. The van der Waals surface area contributed by atoms with Crippen molar-refractivity contribution in [1.29, 1.82) is 0 Å². The van der Waals surface area contributed by atoms with Crippen molar-refractivity contribution >= 4 is 5.91 Å². The molecule has 0 radical (unpaired) electrons. The lowest BCUT2D eigenvalue weighted by Crippen LogP contribution is -2.37. The lowest BCUT2D eigenvalue weighted by molar-refractivity contribution is -0.122. The summed E-state index contributed by atoms with van der Waals surface area (Å²) in [7, 11) is 0. The molecule has 1 amide bonds. The number of fused-ring (bicyclic) bond motifs is 1. The van der Waals surface area contributed by atoms with E-state index in [0.29, 0.717) is 12.5 Å². The third-order valence-corrected chi connectivity index (χ3v) is 3.89. The minimum atomic E-state index is 0.125. The molecule has 0 bridgehead atoms. The SMILES string of the molecule is O=C(CN1Cc2ccccc2C1)NCC1CCOC1. The molecule has 0 spiro atoms. The minimum Gasteiger partial charge on any atom is -0.381 e. The molecule has 102 valence electrons. The summed E-state index contributed by atoms with van der Waals surface area (Å²) < 4.78 is 5.30. The second-order valence-electron chi connectivity index (χ2n) is 5.45. The molecular weight excluding hydrogens is 240 g/mol. The first-order valence-electron chi connectivity index (χ1n) is 6.95. The summed E-state index contributed by atoms with van der Waals surface area (Å²) in [5, 5.41) is 3.02. The highest BCUT2D eigenvalue weighted by Gasteiger charge is 2.21. The molecular formula is C15H20N2O2. The summed E-state index contributed by atoms with van der Waals surface area (Å²) in [6, 6.07) is 8.40. The standard InChI is InChI=1S/C15H20N2O2/c18-15(16-7-12-5-6-19-11-12)10-17-8-13-3-1-2-4-14(13)9-17/h1-4,12H,5-11H2,(H,16,18). The number of carbonyl (C=O) groups is 1. The number of nitrogens with zero attached hydrogens (tertiary/aromatic N) is 1. The maximum Gasteiger partial charge on any atom is 0.234 e. The largest absolute Gasteiger partial charge is 0.381 e. The van der Waals surface area contributed by atoms with E-state index in [1.165, 1.54) is 11.1 Å². The van der Waals surface area contributed by atoms with Crippen molar-refractivity contribution < 1.29 is 9.53 Å². The smallest absolute Gasteiger partial charge is 0.234 e. The van der Waals surface area contributed by atoms with E-state index in [2.05, 4.69) is 34.5 Å². The number of benzene rings is 1. The zero-order valence-corrected chi connectivity index (χ0v) is 11.1. The van der Waals surface area contributed by atoms with Gasteiger partial charge in [0.1, 0.15) is 0 Å². The van der Waals surface area contributed by atoms with Gasteiger partial charge >= 0.3 is 0 Å². The zero-order valence-electron chi connectivity index (χ0n) is 11.1. The van der Waals surface area contributed by atoms with Crippen LogP contribution in [0.25, 0.3) is 0 Å². The first-order valence-corrected chi connectivity index (χ1v) is 6.95. The molecule has 1 fully saturated rings. The predicted molar refractivity (Wildman–Crippen MR) is 72.5 cm³/mol. The Kier molecular flexibility index (Phi) is 3.80. The van der Waals surface area contributed by atoms with Crippen molar-refractivity contribution in [2.45, 2.75) is 19.5 Å². The van der Waals surface area contributed by atoms with E-state index in [0.717, 1.165) is 39.3 Å². The Labute approximate surface area is 113 Å². The molecule has 19 heavy (non-hydrogen) atoms. The molecule has 1 unspecified atom stereocenters. The van der Waals surface area contributed by atoms with Crippen molar-refractivity contribution in [3.63, 3.8) is 0 Å². The molecule has 2 heterocycles. The summed E-state index contributed by atoms with van der Waals surface area (Å²) in [5.41, 5.74) is 2.69. The molecule has 2 aliphatic heterocycles. The molecule has 2 aliphatic rings. The Morgan fingerprint density at radius 3 is 2.68 bits per heavy atom. The van der Waals surface area contributed by atoms with Gasteiger partial charge in [0.25, 0.3) is 0 Å². The second-order valence-corrected chi connectivity index (χ2v) is 5.45. The van der Waals surface area contributed by atoms with E-state index in [4.69, 9.17) is 4.74 Å². The van der Waals surface area contributed by atoms with Gasteiger partial charge in [-0.3, -0.25) is 9.69 Å². The van der Waals surface area contributed by atoms with E-state index in [9.17, 15) is 4.79 Å². The molecule has 4 heteroatoms. The lowest BCUT2D eigenvalue weighted by atomic mass is 10.1. The molecule has 1 aromatic rings. The topological polar surface area (TPSA) is 41.6 Å². The van der Waals surface area contributed by atoms with Crippen molar-refractivity contribution in [2.24, 2.45) is 5.92 Å². The van der Waals surface area contributed by atoms with Gasteiger partial charge in [0.15, 0.2) is 0 Å². The Hall–Kier alpha value is -1.39. The fourth-order valence-corrected chi connectivity index (χ4v) is 2.78. The van der Waals surface area contributed by atoms with Gasteiger partial charge < -0.3 is 10.1 Å². The monoisotopic (exact) mass is 260 g/mol. The summed E-state index contributed by atoms with van der Waals surface area (Å²) in [4.78, 5) is 14.1. The summed E-state index contributed by atoms with van der Waals surface area (Å²) >= 11 is 0. The first kappa shape index (κ1) is 12.6. The average Bonchev–Trinajstić information content (AvgIpc) is 3.04. The normalized spacial score (nSPS) is 22.4. The highest BCUT2D eigenvalue weighted by molar-refractivity contribution is 5.78. The number of amides is 1. The highest BCUT2D eigenvalue weighted by Crippen LogP contribution is 2.21. The van der Waals surface area contributed by atoms with Crippen LogP contribution in [-0.4, -0.2) is 37.1 Å². The first-order chi connectivity index (χ1) is 9.31. The summed E-state index contributed by atoms with van der Waals surface area (Å²) in [6.45, 7) is 4.63. The van der Waals surface area contributed by atoms with Crippen LogP contribution >= 0.6 is 0 Å². The second kappa shape index (κ2) is 5.72. The lowest BCUT2D eigenvalue weighted by Gasteiger charge is -2.15. The third-order valence-electron chi connectivity index (χ3n) is 3.89. The minimum absolute atomic E-state index is 0.125. The van der Waals surface area contributed by atoms with Crippen LogP contribution in [0.3, 0.4) is 0 Å². The van der Waals surface area contributed by atoms with Gasteiger partial charge in [-0.1, -0.05) is 24.3 Å². The Balaban J connectivity index is 1.44. The Bertz CT molecular complexity index is 430. The van der Waals surface area contributed by atoms with E-state index in [1.54, 1.807) is 0 Å². The van der Waals surface area contributed by atoms with Gasteiger partial charge in [0.2, 0.25) is 5.91 Å². The number of nitrogens with one attached hydrogen (secondary N) is 1. The number of ether oxygens (including phenoxy) is 1. The van der Waals surface area contributed by atoms with Crippen molar-refractivity contribution in [1.82, 2.24) is 10.2 Å². The molecule has 3 rings (SSSR count). The summed E-state index contributed by atoms with van der Waals surface area (Å²) in [5.74, 6) is 0.624. The molecule has 1 aromatic carbocycles. The van der Waals surface area contributed by atoms with Gasteiger partial charge in [-0.05, 0) is 17.5 Å². The maximum atomic E-state index is 11.9. The zero-order chi connectivity index (χ0) is 13.1. The van der Waals surface area contributed by atoms with Crippen LogP contribution < -0.4 is 5.32 Å². The number of hydrogen-bond donors (Lipinski definition) is 1. The van der Waals surface area contributed by atoms with Gasteiger partial charge in [-0.15, -0.1) is 0 Å². The van der Waals surface area contributed by atoms with Crippen molar-refractivity contribution in [2.75, 3.05) is 26.3 Å². The van der Waals surface area contributed by atoms with Crippen molar-refractivity contribution in [3.05, 3.63) is 35.4 Å². The molecule has 0 aromatic heterocycles. The highest BCUT2D eigenvalue weighted by atomic mass is 16.5. The number of rotatable bonds is 4. The molecule has 1 atom stereocenters. The Morgan fingerprint density at radius 2 is 2.05 bits per heavy atom. The van der Waals surface area contributed by atoms with Crippen LogP contribution in [0.5, 0.6) is 0 Å². The number of hydrogen-bond acceptors (Lipinski definition) is 3. The van der Waals surface area contributed by atoms with Crippen LogP contribution in [0.4, 0.5) is 0 Å². The van der Waals surface area contributed by atoms with E-state index < -0.39 is 0 Å². The molecule has 0 aliphatic carbocycles. The average molecular weight is 260 g/mol. The van der Waals surface area contributed by atoms with E-state index in [1.807, 2.05) is 0 Å². The van der Waals surface area contributed by atoms with Crippen LogP contribution in [0, 0.1) is 5.92 Å². The van der Waals surface area contributed by atoms with E-state index >= 15 is 0 Å². The quantitative estimate of drug-likeness (QED) is 0.883. The fourth-order valence-electron chi connectivity index (χ4n) is 2.78. The molecule has 4 nitrogen and oxygen atoms in total. The molecule has 1 N–H and O–H groups in total. The van der Waals surface area contributed by atoms with E-state index in [-0.39, 0.29) is 5.91 Å². The van der Waals surface area contributed by atoms with Gasteiger partial charge in [-0.2, -0.15) is 0 Å². The Morgan fingerprint density at radius 1 is 1.32 bits per heavy atom. The predicted octanol–water partition coefficient (Wildman–Crippen LogP) is 1.15. The fraction of sp³-hybridized carbons (Fsp3) is 0.533. The van der Waals surface area contributed by atoms with Crippen molar-refractivity contribution in [3.8, 4) is 0 Å². The summed E-state index contributed by atoms with van der Waals surface area (Å²) in [6.07, 6.45) is 1.06. The third kappa shape index (κ3) is 3.14.